The van der Waals surface area contributed by atoms with E-state index in [1.165, 1.54) is 32.1 Å². The van der Waals surface area contributed by atoms with Crippen molar-refractivity contribution in [1.82, 2.24) is 4.98 Å². The van der Waals surface area contributed by atoms with Crippen LogP contribution in [-0.2, 0) is 15.4 Å². The second kappa shape index (κ2) is 7.89. The van der Waals surface area contributed by atoms with Crippen LogP contribution in [0.5, 0.6) is 0 Å². The summed E-state index contributed by atoms with van der Waals surface area (Å²) in [5, 5.41) is 3.43. The van der Waals surface area contributed by atoms with Crippen molar-refractivity contribution in [3.8, 4) is 0 Å². The van der Waals surface area contributed by atoms with Gasteiger partial charge >= 0.3 is 0 Å². The fourth-order valence-electron chi connectivity index (χ4n) is 3.34. The van der Waals surface area contributed by atoms with Crippen molar-refractivity contribution in [3.05, 3.63) is 48.2 Å². The smallest absolute Gasteiger partial charge is 0.261 e. The van der Waals surface area contributed by atoms with Gasteiger partial charge in [-0.2, -0.15) is 0 Å². The zero-order valence-corrected chi connectivity index (χ0v) is 17.1. The van der Waals surface area contributed by atoms with Crippen molar-refractivity contribution in [2.75, 3.05) is 10.0 Å². The molecule has 0 amide bonds. The summed E-state index contributed by atoms with van der Waals surface area (Å²) in [4.78, 5) is 4.61. The van der Waals surface area contributed by atoms with Gasteiger partial charge in [0.25, 0.3) is 10.0 Å². The van der Waals surface area contributed by atoms with E-state index in [-0.39, 0.29) is 10.3 Å². The zero-order chi connectivity index (χ0) is 19.5. The summed E-state index contributed by atoms with van der Waals surface area (Å²) in [6.45, 7) is 6.30. The van der Waals surface area contributed by atoms with Crippen LogP contribution in [0.3, 0.4) is 0 Å². The van der Waals surface area contributed by atoms with Gasteiger partial charge in [-0.3, -0.25) is 4.72 Å². The molecule has 0 unspecified atom stereocenters. The van der Waals surface area contributed by atoms with E-state index in [1.54, 1.807) is 24.4 Å². The Morgan fingerprint density at radius 3 is 2.19 bits per heavy atom. The Morgan fingerprint density at radius 2 is 1.63 bits per heavy atom. The molecule has 1 saturated carbocycles. The van der Waals surface area contributed by atoms with Crippen LogP contribution in [0.1, 0.15) is 58.4 Å². The van der Waals surface area contributed by atoms with Crippen molar-refractivity contribution >= 4 is 21.5 Å². The first kappa shape index (κ1) is 19.7. The van der Waals surface area contributed by atoms with Gasteiger partial charge in [0.05, 0.1) is 16.8 Å². The van der Waals surface area contributed by atoms with E-state index in [9.17, 15) is 8.42 Å². The molecular formula is C21H29N3O2S. The Bertz CT molecular complexity index is 848. The molecule has 1 aromatic carbocycles. The van der Waals surface area contributed by atoms with Crippen molar-refractivity contribution in [1.29, 1.82) is 0 Å². The van der Waals surface area contributed by atoms with E-state index < -0.39 is 10.0 Å². The van der Waals surface area contributed by atoms with Crippen molar-refractivity contribution < 1.29 is 8.42 Å². The predicted octanol–water partition coefficient (Wildman–Crippen LogP) is 4.92. The minimum atomic E-state index is -3.63. The second-order valence-electron chi connectivity index (χ2n) is 8.29. The molecule has 6 heteroatoms. The lowest BCUT2D eigenvalue weighted by Gasteiger charge is -2.23. The molecule has 2 N–H and O–H groups in total. The van der Waals surface area contributed by atoms with Gasteiger partial charge in [-0.1, -0.05) is 52.2 Å². The van der Waals surface area contributed by atoms with Crippen LogP contribution in [0.15, 0.2) is 47.5 Å². The number of pyridine rings is 1. The average molecular weight is 388 g/mol. The van der Waals surface area contributed by atoms with Crippen LogP contribution in [-0.4, -0.2) is 19.4 Å². The van der Waals surface area contributed by atoms with E-state index >= 15 is 0 Å². The number of hydrogen-bond donors (Lipinski definition) is 2. The highest BCUT2D eigenvalue weighted by Crippen LogP contribution is 2.25. The SMILES string of the molecule is CC(C)(C)c1ccc(S(=O)(=O)Nc2ccc(NC3CCCCC3)nc2)cc1. The van der Waals surface area contributed by atoms with Crippen LogP contribution in [0.2, 0.25) is 0 Å². The van der Waals surface area contributed by atoms with E-state index in [0.717, 1.165) is 11.4 Å². The van der Waals surface area contributed by atoms with E-state index in [2.05, 4.69) is 35.8 Å². The third-order valence-electron chi connectivity index (χ3n) is 5.00. The Balaban J connectivity index is 1.66. The predicted molar refractivity (Wildman–Crippen MR) is 111 cm³/mol. The summed E-state index contributed by atoms with van der Waals surface area (Å²) in [6, 6.07) is 11.1. The average Bonchev–Trinajstić information content (AvgIpc) is 2.63. The first-order chi connectivity index (χ1) is 12.7. The van der Waals surface area contributed by atoms with Gasteiger partial charge in [-0.15, -0.1) is 0 Å². The molecule has 1 aliphatic carbocycles. The molecule has 0 spiro atoms. The number of anilines is 2. The molecule has 0 bridgehead atoms. The van der Waals surface area contributed by atoms with Crippen LogP contribution in [0.25, 0.3) is 0 Å². The molecule has 0 radical (unpaired) electrons. The molecule has 3 rings (SSSR count). The van der Waals surface area contributed by atoms with Crippen LogP contribution in [0, 0.1) is 0 Å². The Hall–Kier alpha value is -2.08. The number of hydrogen-bond acceptors (Lipinski definition) is 4. The third-order valence-corrected chi connectivity index (χ3v) is 6.40. The normalized spacial score (nSPS) is 16.1. The molecule has 2 aromatic rings. The van der Waals surface area contributed by atoms with E-state index in [1.807, 2.05) is 18.2 Å². The molecule has 1 heterocycles. The van der Waals surface area contributed by atoms with Crippen molar-refractivity contribution in [2.45, 2.75) is 69.2 Å². The van der Waals surface area contributed by atoms with Crippen LogP contribution >= 0.6 is 0 Å². The number of nitrogens with one attached hydrogen (secondary N) is 2. The summed E-state index contributed by atoms with van der Waals surface area (Å²) in [6.07, 6.45) is 7.71. The summed E-state index contributed by atoms with van der Waals surface area (Å²) in [7, 11) is -3.63. The van der Waals surface area contributed by atoms with Crippen molar-refractivity contribution in [2.24, 2.45) is 0 Å². The molecule has 146 valence electrons. The maximum Gasteiger partial charge on any atom is 0.261 e. The summed E-state index contributed by atoms with van der Waals surface area (Å²) >= 11 is 0. The Morgan fingerprint density at radius 1 is 0.963 bits per heavy atom. The number of benzene rings is 1. The lowest BCUT2D eigenvalue weighted by Crippen LogP contribution is -2.22. The molecule has 0 atom stereocenters. The molecule has 0 saturated heterocycles. The van der Waals surface area contributed by atoms with Gasteiger partial charge in [0.2, 0.25) is 0 Å². The van der Waals surface area contributed by atoms with Gasteiger partial charge in [0, 0.05) is 6.04 Å². The van der Waals surface area contributed by atoms with Crippen LogP contribution in [0.4, 0.5) is 11.5 Å². The molecule has 1 aromatic heterocycles. The highest BCUT2D eigenvalue weighted by molar-refractivity contribution is 7.92. The standard InChI is InChI=1S/C21H29N3O2S/c1-21(2,3)16-9-12-19(13-10-16)27(25,26)24-18-11-14-20(22-15-18)23-17-7-5-4-6-8-17/h9-15,17,24H,4-8H2,1-3H3,(H,22,23). The lowest BCUT2D eigenvalue weighted by atomic mass is 9.87. The largest absolute Gasteiger partial charge is 0.367 e. The minimum absolute atomic E-state index is 0.0131. The summed E-state index contributed by atoms with van der Waals surface area (Å²) in [5.41, 5.74) is 1.55. The third kappa shape index (κ3) is 5.22. The monoisotopic (exact) mass is 387 g/mol. The molecule has 1 aliphatic rings. The first-order valence-electron chi connectivity index (χ1n) is 9.60. The molecule has 27 heavy (non-hydrogen) atoms. The lowest BCUT2D eigenvalue weighted by molar-refractivity contribution is 0.462. The fourth-order valence-corrected chi connectivity index (χ4v) is 4.39. The molecule has 0 aliphatic heterocycles. The molecule has 5 nitrogen and oxygen atoms in total. The Labute approximate surface area is 162 Å². The second-order valence-corrected chi connectivity index (χ2v) is 9.97. The maximum atomic E-state index is 12.6. The maximum absolute atomic E-state index is 12.6. The summed E-state index contributed by atoms with van der Waals surface area (Å²) < 4.78 is 27.8. The zero-order valence-electron chi connectivity index (χ0n) is 16.3. The van der Waals surface area contributed by atoms with Crippen molar-refractivity contribution in [3.63, 3.8) is 0 Å². The number of sulfonamides is 1. The highest BCUT2D eigenvalue weighted by atomic mass is 32.2. The van der Waals surface area contributed by atoms with Gasteiger partial charge in [-0.25, -0.2) is 13.4 Å². The van der Waals surface area contributed by atoms with Crippen LogP contribution < -0.4 is 10.0 Å². The summed E-state index contributed by atoms with van der Waals surface area (Å²) in [5.74, 6) is 0.791. The van der Waals surface area contributed by atoms with E-state index in [4.69, 9.17) is 0 Å². The quantitative estimate of drug-likeness (QED) is 0.763. The highest BCUT2D eigenvalue weighted by Gasteiger charge is 2.18. The number of aromatic nitrogens is 1. The van der Waals surface area contributed by atoms with Gasteiger partial charge < -0.3 is 5.32 Å². The number of nitrogens with zero attached hydrogens (tertiary/aromatic N) is 1. The van der Waals surface area contributed by atoms with Gasteiger partial charge in [0.15, 0.2) is 0 Å². The number of rotatable bonds is 5. The Kier molecular flexibility index (Phi) is 5.75. The topological polar surface area (TPSA) is 71.1 Å². The minimum Gasteiger partial charge on any atom is -0.367 e. The van der Waals surface area contributed by atoms with Gasteiger partial charge in [0.1, 0.15) is 5.82 Å². The molecular weight excluding hydrogens is 358 g/mol. The molecule has 1 fully saturated rings. The van der Waals surface area contributed by atoms with E-state index in [0.29, 0.717) is 11.7 Å². The van der Waals surface area contributed by atoms with Gasteiger partial charge in [-0.05, 0) is 48.1 Å². The first-order valence-corrected chi connectivity index (χ1v) is 11.1. The fraction of sp³-hybridized carbons (Fsp3) is 0.476.